The van der Waals surface area contributed by atoms with Gasteiger partial charge >= 0.3 is 12.2 Å². The Hall–Kier alpha value is -4.28. The highest BCUT2D eigenvalue weighted by atomic mass is 35.5. The van der Waals surface area contributed by atoms with Crippen LogP contribution in [-0.4, -0.2) is 68.8 Å². The Morgan fingerprint density at radius 2 is 1.46 bits per heavy atom. The summed E-state index contributed by atoms with van der Waals surface area (Å²) in [7, 11) is -2.58. The Labute approximate surface area is 319 Å². The molecule has 0 aliphatic rings. The van der Waals surface area contributed by atoms with Gasteiger partial charge in [0.15, 0.2) is 19.1 Å². The first-order valence-corrected chi connectivity index (χ1v) is 20.6. The van der Waals surface area contributed by atoms with E-state index in [1.807, 2.05) is 20.8 Å². The molecule has 17 heteroatoms. The van der Waals surface area contributed by atoms with E-state index in [2.05, 4.69) is 20.1 Å². The second kappa shape index (κ2) is 16.2. The number of hydrogen-bond acceptors (Lipinski definition) is 10. The summed E-state index contributed by atoms with van der Waals surface area (Å²) in [6.07, 6.45) is -0.107. The molecule has 0 radical (unpaired) electrons. The minimum atomic E-state index is -3.44. The number of aromatic nitrogens is 5. The van der Waals surface area contributed by atoms with Crippen molar-refractivity contribution in [1.29, 1.82) is 0 Å². The van der Waals surface area contributed by atoms with Crippen molar-refractivity contribution >= 4 is 43.7 Å². The minimum Gasteiger partial charge on any atom is -0.476 e. The van der Waals surface area contributed by atoms with E-state index in [9.17, 15) is 14.0 Å². The molecule has 0 bridgehead atoms. The van der Waals surface area contributed by atoms with Crippen LogP contribution >= 0.6 is 11.6 Å². The molecule has 294 valence electrons. The molecule has 12 nitrogen and oxygen atoms in total. The smallest absolute Gasteiger partial charge is 0.427 e. The molecule has 4 aromatic rings. The first kappa shape index (κ1) is 42.5. The lowest BCUT2D eigenvalue weighted by Gasteiger charge is -2.45. The van der Waals surface area contributed by atoms with Crippen LogP contribution in [0.1, 0.15) is 81.2 Å². The maximum Gasteiger partial charge on any atom is 0.427 e. The van der Waals surface area contributed by atoms with Gasteiger partial charge in [0.2, 0.25) is 5.88 Å². The number of fused-ring (bicyclic) bond motifs is 1. The molecule has 0 spiro atoms. The van der Waals surface area contributed by atoms with Crippen LogP contribution in [0.5, 0.6) is 5.88 Å². The van der Waals surface area contributed by atoms with Gasteiger partial charge in [-0.15, -0.1) is 10.00 Å². The lowest BCUT2D eigenvalue weighted by atomic mass is 9.87. The van der Waals surface area contributed by atoms with Crippen LogP contribution < -0.4 is 9.64 Å². The molecule has 1 unspecified atom stereocenters. The fourth-order valence-corrected chi connectivity index (χ4v) is 8.88. The number of nitrogens with zero attached hydrogens (tertiary/aromatic N) is 6. The molecule has 0 saturated heterocycles. The van der Waals surface area contributed by atoms with Crippen molar-refractivity contribution in [2.75, 3.05) is 11.5 Å². The number of anilines is 1. The number of carbonyl (C=O) groups excluding carboxylic acids is 2. The number of hydrogen-bond donors (Lipinski definition) is 0. The molecule has 1 aromatic carbocycles. The Morgan fingerprint density at radius 1 is 0.889 bits per heavy atom. The molecule has 0 aliphatic carbocycles. The maximum atomic E-state index is 16.4. The van der Waals surface area contributed by atoms with Gasteiger partial charge in [-0.1, -0.05) is 44.5 Å². The lowest BCUT2D eigenvalue weighted by molar-refractivity contribution is -0.175. The van der Waals surface area contributed by atoms with Gasteiger partial charge in [0.05, 0.1) is 12.8 Å². The number of ether oxygens (including phenoxy) is 3. The molecule has 1 atom stereocenters. The normalized spacial score (nSPS) is 13.7. The van der Waals surface area contributed by atoms with Crippen molar-refractivity contribution in [3.05, 3.63) is 65.3 Å². The van der Waals surface area contributed by atoms with Crippen molar-refractivity contribution in [1.82, 2.24) is 24.6 Å². The van der Waals surface area contributed by atoms with E-state index in [0.29, 0.717) is 28.6 Å². The van der Waals surface area contributed by atoms with E-state index in [1.165, 1.54) is 42.0 Å². The summed E-state index contributed by atoms with van der Waals surface area (Å²) in [6, 6.07) is 10.0. The molecule has 0 saturated carbocycles. The predicted octanol–water partition coefficient (Wildman–Crippen LogP) is 10.00. The van der Waals surface area contributed by atoms with Gasteiger partial charge in [-0.25, -0.2) is 37.2 Å². The van der Waals surface area contributed by atoms with Gasteiger partial charge in [0.1, 0.15) is 28.3 Å². The fourth-order valence-electron chi connectivity index (χ4n) is 5.61. The van der Waals surface area contributed by atoms with Gasteiger partial charge in [-0.2, -0.15) is 4.98 Å². The first-order valence-electron chi connectivity index (χ1n) is 17.7. The van der Waals surface area contributed by atoms with Crippen LogP contribution in [0.15, 0.2) is 48.8 Å². The number of amides is 2. The third kappa shape index (κ3) is 9.87. The number of pyridine rings is 1. The highest BCUT2D eigenvalue weighted by Crippen LogP contribution is 2.47. The van der Waals surface area contributed by atoms with Crippen LogP contribution in [-0.2, 0) is 19.5 Å². The Morgan fingerprint density at radius 3 is 2.00 bits per heavy atom. The fraction of sp³-hybridized carbons (Fsp3) is 0.514. The number of benzene rings is 1. The Balaban J connectivity index is 1.60. The van der Waals surface area contributed by atoms with Crippen LogP contribution in [0.4, 0.5) is 28.7 Å². The average molecular weight is 793 g/mol. The van der Waals surface area contributed by atoms with Crippen LogP contribution in [0.25, 0.3) is 16.9 Å². The second-order valence-electron chi connectivity index (χ2n) is 15.0. The van der Waals surface area contributed by atoms with Gasteiger partial charge in [0, 0.05) is 18.2 Å². The molecule has 0 aliphatic heterocycles. The molecule has 2 amide bonds. The molecule has 3 heterocycles. The summed E-state index contributed by atoms with van der Waals surface area (Å²) in [5.74, 6) is -4.35. The minimum absolute atomic E-state index is 0.0156. The zero-order valence-corrected chi connectivity index (χ0v) is 34.1. The van der Waals surface area contributed by atoms with E-state index in [1.54, 1.807) is 47.6 Å². The van der Waals surface area contributed by atoms with Crippen molar-refractivity contribution < 1.29 is 41.4 Å². The number of halogens is 4. The third-order valence-electron chi connectivity index (χ3n) is 8.77. The summed E-state index contributed by atoms with van der Waals surface area (Å²) in [5, 5.41) is 4.26. The standard InChI is InChI=1S/C37H48ClF3N6O6Si/c1-11-54(12-2,13-3)53-36(10,25-14-16-26(39)17-15-25)37(40,41)19-21-50-28-23-42-30(38)29(44-28)24-18-20-46-27(22-24)43-31(45-46)47(32(48)51-34(4,5)6)33(49)52-35(7,8)9/h14-18,20,22-23H,11-13,19,21H2,1-10H3. The van der Waals surface area contributed by atoms with Crippen molar-refractivity contribution in [3.63, 3.8) is 0 Å². The first-order chi connectivity index (χ1) is 25.1. The van der Waals surface area contributed by atoms with Gasteiger partial charge < -0.3 is 18.6 Å². The van der Waals surface area contributed by atoms with Gasteiger partial charge in [-0.3, -0.25) is 0 Å². The van der Waals surface area contributed by atoms with E-state index < -0.39 is 62.1 Å². The lowest BCUT2D eigenvalue weighted by Crippen LogP contribution is -2.53. The number of rotatable bonds is 13. The maximum absolute atomic E-state index is 16.4. The summed E-state index contributed by atoms with van der Waals surface area (Å²) in [6.45, 7) is 16.6. The van der Waals surface area contributed by atoms with E-state index in [0.717, 1.165) is 12.1 Å². The topological polar surface area (TPSA) is 130 Å². The van der Waals surface area contributed by atoms with Crippen LogP contribution in [0, 0.1) is 5.82 Å². The molecule has 4 rings (SSSR count). The average Bonchev–Trinajstić information content (AvgIpc) is 3.49. The number of carbonyl (C=O) groups is 2. The van der Waals surface area contributed by atoms with Crippen molar-refractivity contribution in [3.8, 4) is 17.1 Å². The van der Waals surface area contributed by atoms with E-state index >= 15 is 8.78 Å². The Kier molecular flexibility index (Phi) is 12.7. The summed E-state index contributed by atoms with van der Waals surface area (Å²) >= 11 is 6.43. The molecule has 0 fully saturated rings. The Bertz CT molecular complexity index is 1910. The number of imide groups is 1. The van der Waals surface area contributed by atoms with E-state index in [4.69, 9.17) is 30.2 Å². The third-order valence-corrected chi connectivity index (χ3v) is 13.8. The molecule has 54 heavy (non-hydrogen) atoms. The highest BCUT2D eigenvalue weighted by molar-refractivity contribution is 6.73. The van der Waals surface area contributed by atoms with Crippen molar-refractivity contribution in [2.45, 2.75) is 117 Å². The van der Waals surface area contributed by atoms with Crippen molar-refractivity contribution in [2.24, 2.45) is 0 Å². The van der Waals surface area contributed by atoms with Gasteiger partial charge in [0.25, 0.3) is 11.9 Å². The monoisotopic (exact) mass is 792 g/mol. The SMILES string of the molecule is CC[Si](CC)(CC)OC(C)(c1ccc(F)cc1)C(F)(F)CCOc1cnc(Cl)c(-c2ccn3nc(N(C(=O)OC(C)(C)C)C(=O)OC(C)(C)C)nc3c2)n1. The van der Waals surface area contributed by atoms with Crippen LogP contribution in [0.3, 0.4) is 0 Å². The quantitative estimate of drug-likeness (QED) is 0.121. The molecule has 0 N–H and O–H groups in total. The predicted molar refractivity (Wildman–Crippen MR) is 201 cm³/mol. The summed E-state index contributed by atoms with van der Waals surface area (Å²) in [5.41, 5.74) is -3.03. The summed E-state index contributed by atoms with van der Waals surface area (Å²) < 4.78 is 70.9. The number of alkyl halides is 2. The molecule has 3 aromatic heterocycles. The van der Waals surface area contributed by atoms with Gasteiger partial charge in [-0.05, 0) is 96.4 Å². The highest BCUT2D eigenvalue weighted by Gasteiger charge is 2.55. The summed E-state index contributed by atoms with van der Waals surface area (Å²) in [4.78, 5) is 39.8. The van der Waals surface area contributed by atoms with E-state index in [-0.39, 0.29) is 33.9 Å². The molecular weight excluding hydrogens is 745 g/mol. The molecular formula is C37H48ClF3N6O6Si. The van der Waals surface area contributed by atoms with Crippen LogP contribution in [0.2, 0.25) is 23.3 Å². The largest absolute Gasteiger partial charge is 0.476 e. The second-order valence-corrected chi connectivity index (χ2v) is 20.0. The zero-order valence-electron chi connectivity index (χ0n) is 32.3. The zero-order chi connectivity index (χ0) is 40.3.